The van der Waals surface area contributed by atoms with E-state index in [1.54, 1.807) is 12.3 Å². The SMILES string of the molecule is Cc1nc2ccc(C(c3cccnc3CCc3ccc(C(=N)N)cc3)N(CCC(=N)N)C(=O)O)cc2[nH]1. The van der Waals surface area contributed by atoms with E-state index in [1.807, 2.05) is 55.5 Å². The van der Waals surface area contributed by atoms with Crippen molar-refractivity contribution in [1.82, 2.24) is 19.9 Å². The predicted molar refractivity (Wildman–Crippen MR) is 143 cm³/mol. The van der Waals surface area contributed by atoms with Gasteiger partial charge in [-0.2, -0.15) is 0 Å². The summed E-state index contributed by atoms with van der Waals surface area (Å²) in [7, 11) is 0. The molecule has 2 aromatic heterocycles. The van der Waals surface area contributed by atoms with Crippen molar-refractivity contribution < 1.29 is 9.90 Å². The van der Waals surface area contributed by atoms with Crippen LogP contribution in [0.25, 0.3) is 11.0 Å². The molecule has 1 amide bonds. The number of rotatable bonds is 10. The van der Waals surface area contributed by atoms with E-state index in [1.165, 1.54) is 4.90 Å². The lowest BCUT2D eigenvalue weighted by atomic mass is 9.93. The van der Waals surface area contributed by atoms with Crippen LogP contribution in [-0.4, -0.2) is 49.3 Å². The molecular weight excluding hydrogens is 468 g/mol. The summed E-state index contributed by atoms with van der Waals surface area (Å²) in [5.74, 6) is 0.712. The zero-order chi connectivity index (χ0) is 26.5. The fraction of sp³-hybridized carbons (Fsp3) is 0.222. The number of hydrogen-bond acceptors (Lipinski definition) is 5. The maximum absolute atomic E-state index is 12.5. The molecule has 0 bridgehead atoms. The number of nitrogens with one attached hydrogen (secondary N) is 3. The number of amidine groups is 2. The maximum atomic E-state index is 12.5. The number of amides is 1. The van der Waals surface area contributed by atoms with Gasteiger partial charge in [-0.05, 0) is 49.1 Å². The van der Waals surface area contributed by atoms with Crippen molar-refractivity contribution in [3.05, 3.63) is 94.6 Å². The molecule has 0 fully saturated rings. The largest absolute Gasteiger partial charge is 0.465 e. The number of nitrogens with zero attached hydrogens (tertiary/aromatic N) is 3. The third kappa shape index (κ3) is 5.92. The summed E-state index contributed by atoms with van der Waals surface area (Å²) in [5, 5.41) is 25.4. The molecule has 10 nitrogen and oxygen atoms in total. The molecule has 37 heavy (non-hydrogen) atoms. The molecule has 0 saturated heterocycles. The highest BCUT2D eigenvalue weighted by atomic mass is 16.4. The second-order valence-electron chi connectivity index (χ2n) is 8.90. The first-order valence-corrected chi connectivity index (χ1v) is 11.9. The molecule has 8 N–H and O–H groups in total. The van der Waals surface area contributed by atoms with E-state index >= 15 is 0 Å². The first kappa shape index (κ1) is 25.4. The fourth-order valence-corrected chi connectivity index (χ4v) is 4.45. The summed E-state index contributed by atoms with van der Waals surface area (Å²) in [6.07, 6.45) is 1.97. The number of aryl methyl sites for hydroxylation is 3. The maximum Gasteiger partial charge on any atom is 0.408 e. The van der Waals surface area contributed by atoms with Crippen LogP contribution in [0.1, 0.15) is 46.2 Å². The van der Waals surface area contributed by atoms with Crippen LogP contribution >= 0.6 is 0 Å². The van der Waals surface area contributed by atoms with Crippen LogP contribution in [0.15, 0.2) is 60.8 Å². The number of carbonyl (C=O) groups is 1. The number of aromatic nitrogens is 3. The Balaban J connectivity index is 1.74. The molecule has 10 heteroatoms. The first-order chi connectivity index (χ1) is 17.7. The third-order valence-electron chi connectivity index (χ3n) is 6.25. The van der Waals surface area contributed by atoms with Gasteiger partial charge in [-0.1, -0.05) is 36.4 Å². The average Bonchev–Trinajstić information content (AvgIpc) is 3.24. The lowest BCUT2D eigenvalue weighted by Crippen LogP contribution is -2.37. The molecule has 1 atom stereocenters. The van der Waals surface area contributed by atoms with Gasteiger partial charge in [0.1, 0.15) is 11.7 Å². The summed E-state index contributed by atoms with van der Waals surface area (Å²) in [5.41, 5.74) is 16.8. The quantitative estimate of drug-likeness (QED) is 0.143. The van der Waals surface area contributed by atoms with Gasteiger partial charge in [0.15, 0.2) is 0 Å². The number of nitrogen functional groups attached to an aromatic ring is 1. The van der Waals surface area contributed by atoms with Crippen molar-refractivity contribution in [1.29, 1.82) is 10.8 Å². The molecule has 2 heterocycles. The van der Waals surface area contributed by atoms with Crippen LogP contribution in [0.5, 0.6) is 0 Å². The minimum Gasteiger partial charge on any atom is -0.465 e. The van der Waals surface area contributed by atoms with Gasteiger partial charge in [0.25, 0.3) is 0 Å². The number of pyridine rings is 1. The van der Waals surface area contributed by atoms with E-state index in [4.69, 9.17) is 22.3 Å². The summed E-state index contributed by atoms with van der Waals surface area (Å²) in [6, 6.07) is 16.2. The van der Waals surface area contributed by atoms with E-state index in [0.717, 1.165) is 39.2 Å². The number of fused-ring (bicyclic) bond motifs is 1. The van der Waals surface area contributed by atoms with Gasteiger partial charge in [0.05, 0.1) is 22.9 Å². The second kappa shape index (κ2) is 10.9. The third-order valence-corrected chi connectivity index (χ3v) is 6.25. The number of carboxylic acid groups (broad SMARTS) is 1. The molecule has 0 radical (unpaired) electrons. The van der Waals surface area contributed by atoms with E-state index in [-0.39, 0.29) is 24.6 Å². The standard InChI is InChI=1S/C27H30N8O2/c1-16-33-22-11-9-19(15-23(22)34-16)25(35(27(36)37)14-12-24(28)29)20-3-2-13-32-21(20)10-6-17-4-7-18(8-5-17)26(30)31/h2-5,7-9,11,13,15,25H,6,10,12,14H2,1H3,(H3,28,29)(H3,30,31)(H,33,34)(H,36,37). The van der Waals surface area contributed by atoms with Gasteiger partial charge in [0, 0.05) is 36.0 Å². The van der Waals surface area contributed by atoms with Gasteiger partial charge in [-0.15, -0.1) is 0 Å². The zero-order valence-electron chi connectivity index (χ0n) is 20.5. The molecular formula is C27H30N8O2. The molecule has 0 aliphatic carbocycles. The number of H-pyrrole nitrogens is 1. The Kier molecular flexibility index (Phi) is 7.47. The Morgan fingerprint density at radius 1 is 1.11 bits per heavy atom. The highest BCUT2D eigenvalue weighted by Crippen LogP contribution is 2.33. The van der Waals surface area contributed by atoms with Crippen molar-refractivity contribution in [2.24, 2.45) is 11.5 Å². The number of hydrogen-bond donors (Lipinski definition) is 6. The lowest BCUT2D eigenvalue weighted by molar-refractivity contribution is 0.133. The monoisotopic (exact) mass is 498 g/mol. The molecule has 2 aromatic carbocycles. The van der Waals surface area contributed by atoms with Gasteiger partial charge in [0.2, 0.25) is 0 Å². The summed E-state index contributed by atoms with van der Waals surface area (Å²) >= 11 is 0. The average molecular weight is 499 g/mol. The normalized spacial score (nSPS) is 11.8. The number of benzene rings is 2. The van der Waals surface area contributed by atoms with Crippen molar-refractivity contribution in [2.75, 3.05) is 6.54 Å². The predicted octanol–water partition coefficient (Wildman–Crippen LogP) is 3.73. The number of imidazole rings is 1. The molecule has 0 aliphatic rings. The van der Waals surface area contributed by atoms with Crippen LogP contribution in [0.4, 0.5) is 4.79 Å². The highest BCUT2D eigenvalue weighted by Gasteiger charge is 2.29. The van der Waals surface area contributed by atoms with Gasteiger partial charge in [-0.3, -0.25) is 20.7 Å². The molecule has 1 unspecified atom stereocenters. The van der Waals surface area contributed by atoms with Crippen LogP contribution in [0, 0.1) is 17.7 Å². The Morgan fingerprint density at radius 2 is 1.86 bits per heavy atom. The highest BCUT2D eigenvalue weighted by molar-refractivity contribution is 5.94. The topological polar surface area (TPSA) is 182 Å². The molecule has 0 saturated carbocycles. The molecule has 0 spiro atoms. The second-order valence-corrected chi connectivity index (χ2v) is 8.90. The molecule has 0 aliphatic heterocycles. The minimum absolute atomic E-state index is 0.0187. The minimum atomic E-state index is -1.11. The Morgan fingerprint density at radius 3 is 2.54 bits per heavy atom. The van der Waals surface area contributed by atoms with Gasteiger partial charge < -0.3 is 21.6 Å². The summed E-state index contributed by atoms with van der Waals surface area (Å²) in [4.78, 5) is 26.1. The Hall–Kier alpha value is -4.73. The smallest absolute Gasteiger partial charge is 0.408 e. The van der Waals surface area contributed by atoms with Crippen LogP contribution in [-0.2, 0) is 12.8 Å². The number of nitrogens with two attached hydrogens (primary N) is 2. The first-order valence-electron chi connectivity index (χ1n) is 11.9. The molecule has 190 valence electrons. The van der Waals surface area contributed by atoms with Gasteiger partial charge in [-0.25, -0.2) is 9.78 Å². The van der Waals surface area contributed by atoms with Crippen molar-refractivity contribution >= 4 is 28.8 Å². The zero-order valence-corrected chi connectivity index (χ0v) is 20.5. The van der Waals surface area contributed by atoms with Crippen molar-refractivity contribution in [2.45, 2.75) is 32.2 Å². The van der Waals surface area contributed by atoms with Crippen LogP contribution in [0.3, 0.4) is 0 Å². The molecule has 4 rings (SSSR count). The Labute approximate surface area is 214 Å². The van der Waals surface area contributed by atoms with Crippen molar-refractivity contribution in [3.63, 3.8) is 0 Å². The van der Waals surface area contributed by atoms with Crippen LogP contribution < -0.4 is 11.5 Å². The summed E-state index contributed by atoms with van der Waals surface area (Å²) in [6.45, 7) is 1.94. The van der Waals surface area contributed by atoms with Crippen molar-refractivity contribution in [3.8, 4) is 0 Å². The number of aromatic amines is 1. The lowest BCUT2D eigenvalue weighted by Gasteiger charge is -2.31. The fourth-order valence-electron chi connectivity index (χ4n) is 4.45. The molecule has 4 aromatic rings. The summed E-state index contributed by atoms with van der Waals surface area (Å²) < 4.78 is 0. The van der Waals surface area contributed by atoms with E-state index in [0.29, 0.717) is 18.4 Å². The van der Waals surface area contributed by atoms with E-state index in [9.17, 15) is 9.90 Å². The van der Waals surface area contributed by atoms with E-state index < -0.39 is 12.1 Å². The van der Waals surface area contributed by atoms with Crippen LogP contribution in [0.2, 0.25) is 0 Å². The van der Waals surface area contributed by atoms with E-state index in [2.05, 4.69) is 15.0 Å². The Bertz CT molecular complexity index is 1440. The van der Waals surface area contributed by atoms with Gasteiger partial charge >= 0.3 is 6.09 Å².